The third-order valence-electron chi connectivity index (χ3n) is 4.85. The Labute approximate surface area is 209 Å². The van der Waals surface area contributed by atoms with Crippen LogP contribution in [0.2, 0.25) is 0 Å². The molecule has 0 aliphatic carbocycles. The van der Waals surface area contributed by atoms with Gasteiger partial charge in [-0.15, -0.1) is 10.2 Å². The van der Waals surface area contributed by atoms with Gasteiger partial charge in [-0.1, -0.05) is 0 Å². The molecule has 0 amide bonds. The molecule has 1 N–H and O–H groups in total. The predicted molar refractivity (Wildman–Crippen MR) is 133 cm³/mol. The minimum absolute atomic E-state index is 0.0484. The lowest BCUT2D eigenvalue weighted by Gasteiger charge is -2.12. The molecular weight excluding hydrogens is 526 g/mol. The quantitative estimate of drug-likeness (QED) is 0.276. The smallest absolute Gasteiger partial charge is 0.342 e. The number of carboxylic acid groups (broad SMARTS) is 1. The highest BCUT2D eigenvalue weighted by Gasteiger charge is 2.20. The van der Waals surface area contributed by atoms with Gasteiger partial charge in [0.1, 0.15) is 27.9 Å². The summed E-state index contributed by atoms with van der Waals surface area (Å²) in [4.78, 5) is 12.2. The maximum atomic E-state index is 12.1. The largest absolute Gasteiger partial charge is 0.497 e. The number of methoxy groups -OCH3 is 4. The van der Waals surface area contributed by atoms with Gasteiger partial charge in [0.05, 0.1) is 32.9 Å². The number of benzene rings is 2. The molecule has 3 rings (SSSR count). The van der Waals surface area contributed by atoms with Gasteiger partial charge in [-0.25, -0.2) is 4.79 Å². The molecule has 1 heterocycles. The fourth-order valence-electron chi connectivity index (χ4n) is 3.17. The number of carboxylic acids is 1. The lowest BCUT2D eigenvalue weighted by atomic mass is 10.1. The van der Waals surface area contributed by atoms with Gasteiger partial charge in [-0.05, 0) is 58.9 Å². The van der Waals surface area contributed by atoms with E-state index in [1.165, 1.54) is 13.2 Å². The number of hydrogen-bond donors (Lipinski definition) is 1. The van der Waals surface area contributed by atoms with Crippen molar-refractivity contribution in [3.8, 4) is 34.4 Å². The van der Waals surface area contributed by atoms with E-state index in [4.69, 9.17) is 18.9 Å². The van der Waals surface area contributed by atoms with E-state index in [9.17, 15) is 9.90 Å². The lowest BCUT2D eigenvalue weighted by Crippen LogP contribution is -2.03. The molecule has 0 saturated heterocycles. The molecule has 3 aromatic rings. The van der Waals surface area contributed by atoms with Crippen molar-refractivity contribution in [2.75, 3.05) is 28.4 Å². The Hall–Kier alpha value is -3.18. The van der Waals surface area contributed by atoms with Crippen LogP contribution in [-0.4, -0.2) is 54.3 Å². The summed E-state index contributed by atoms with van der Waals surface area (Å²) in [6, 6.07) is 8.82. The Morgan fingerprint density at radius 2 is 1.65 bits per heavy atom. The van der Waals surface area contributed by atoms with E-state index in [0.29, 0.717) is 50.6 Å². The third kappa shape index (κ3) is 5.48. The van der Waals surface area contributed by atoms with Gasteiger partial charge in [-0.2, -0.15) is 0 Å². The summed E-state index contributed by atoms with van der Waals surface area (Å²) in [5, 5.41) is 18.9. The van der Waals surface area contributed by atoms with Gasteiger partial charge >= 0.3 is 5.97 Å². The molecular formula is C23H24BrN3O6S. The van der Waals surface area contributed by atoms with Crippen molar-refractivity contribution < 1.29 is 28.8 Å². The molecule has 9 nitrogen and oxygen atoms in total. The molecule has 2 aromatic carbocycles. The third-order valence-corrected chi connectivity index (χ3v) is 6.46. The van der Waals surface area contributed by atoms with E-state index in [-0.39, 0.29) is 4.91 Å². The second-order valence-electron chi connectivity index (χ2n) is 6.80. The Bertz CT molecular complexity index is 1210. The van der Waals surface area contributed by atoms with E-state index >= 15 is 0 Å². The highest BCUT2D eigenvalue weighted by Crippen LogP contribution is 2.37. The standard InChI is InChI=1S/C23H24BrN3O6S/c1-6-27-21(14-7-15(30-2)11-16(8-14)31-3)25-26-23(27)34-20(22(28)29)10-13-9-17(24)19(33-5)12-18(13)32-4/h7-12H,6H2,1-5H3,(H,28,29)/b20-10-. The summed E-state index contributed by atoms with van der Waals surface area (Å²) >= 11 is 4.43. The Kier molecular flexibility index (Phi) is 8.46. The van der Waals surface area contributed by atoms with Crippen molar-refractivity contribution >= 4 is 39.7 Å². The van der Waals surface area contributed by atoms with Gasteiger partial charge in [0.15, 0.2) is 11.0 Å². The van der Waals surface area contributed by atoms with E-state index in [1.54, 1.807) is 39.5 Å². The lowest BCUT2D eigenvalue weighted by molar-refractivity contribution is -0.131. The van der Waals surface area contributed by atoms with Crippen LogP contribution >= 0.6 is 27.7 Å². The van der Waals surface area contributed by atoms with Crippen molar-refractivity contribution in [2.45, 2.75) is 18.6 Å². The first-order chi connectivity index (χ1) is 16.3. The summed E-state index contributed by atoms with van der Waals surface area (Å²) < 4.78 is 23.9. The molecule has 0 aliphatic heterocycles. The van der Waals surface area contributed by atoms with Crippen molar-refractivity contribution in [3.63, 3.8) is 0 Å². The average Bonchev–Trinajstić information content (AvgIpc) is 3.25. The van der Waals surface area contributed by atoms with Crippen LogP contribution in [0.1, 0.15) is 12.5 Å². The highest BCUT2D eigenvalue weighted by molar-refractivity contribution is 9.10. The van der Waals surface area contributed by atoms with Gasteiger partial charge in [0.25, 0.3) is 0 Å². The van der Waals surface area contributed by atoms with Gasteiger partial charge in [0, 0.05) is 29.8 Å². The van der Waals surface area contributed by atoms with E-state index in [0.717, 1.165) is 17.3 Å². The van der Waals surface area contributed by atoms with Gasteiger partial charge in [-0.3, -0.25) is 0 Å². The van der Waals surface area contributed by atoms with Crippen LogP contribution in [-0.2, 0) is 11.3 Å². The first-order valence-electron chi connectivity index (χ1n) is 10.1. The van der Waals surface area contributed by atoms with Crippen molar-refractivity contribution in [1.29, 1.82) is 0 Å². The number of thioether (sulfide) groups is 1. The normalized spacial score (nSPS) is 11.3. The highest BCUT2D eigenvalue weighted by atomic mass is 79.9. The minimum Gasteiger partial charge on any atom is -0.497 e. The zero-order valence-electron chi connectivity index (χ0n) is 19.3. The van der Waals surface area contributed by atoms with Crippen molar-refractivity contribution in [2.24, 2.45) is 0 Å². The maximum Gasteiger partial charge on any atom is 0.342 e. The summed E-state index contributed by atoms with van der Waals surface area (Å²) in [6.45, 7) is 2.45. The zero-order chi connectivity index (χ0) is 24.8. The van der Waals surface area contributed by atoms with Gasteiger partial charge in [0.2, 0.25) is 0 Å². The molecule has 0 atom stereocenters. The van der Waals surface area contributed by atoms with Crippen molar-refractivity contribution in [1.82, 2.24) is 14.8 Å². The number of hydrogen-bond acceptors (Lipinski definition) is 8. The molecule has 0 unspecified atom stereocenters. The number of rotatable bonds is 10. The summed E-state index contributed by atoms with van der Waals surface area (Å²) in [5.74, 6) is 1.73. The number of halogens is 1. The van der Waals surface area contributed by atoms with E-state index in [2.05, 4.69) is 26.1 Å². The zero-order valence-corrected chi connectivity index (χ0v) is 21.7. The second-order valence-corrected chi connectivity index (χ2v) is 8.66. The van der Waals surface area contributed by atoms with Crippen LogP contribution in [0, 0.1) is 0 Å². The summed E-state index contributed by atoms with van der Waals surface area (Å²) in [5.41, 5.74) is 1.31. The number of carbonyl (C=O) groups is 1. The van der Waals surface area contributed by atoms with Gasteiger partial charge < -0.3 is 28.6 Å². The number of ether oxygens (including phenoxy) is 4. The molecule has 0 saturated carbocycles. The molecule has 180 valence electrons. The average molecular weight is 550 g/mol. The molecule has 34 heavy (non-hydrogen) atoms. The number of nitrogens with zero attached hydrogens (tertiary/aromatic N) is 3. The van der Waals surface area contributed by atoms with Crippen LogP contribution in [0.3, 0.4) is 0 Å². The van der Waals surface area contributed by atoms with E-state index < -0.39 is 5.97 Å². The molecule has 0 aliphatic rings. The van der Waals surface area contributed by atoms with Crippen LogP contribution in [0.25, 0.3) is 17.5 Å². The SMILES string of the molecule is CCn1c(S/C(=C\c2cc(Br)c(OC)cc2OC)C(=O)O)nnc1-c1cc(OC)cc(OC)c1. The molecule has 0 radical (unpaired) electrons. The molecule has 0 fully saturated rings. The Balaban J connectivity index is 2.04. The first kappa shape index (κ1) is 25.4. The molecule has 0 spiro atoms. The molecule has 0 bridgehead atoms. The fraction of sp³-hybridized carbons (Fsp3) is 0.261. The van der Waals surface area contributed by atoms with Crippen LogP contribution in [0.15, 0.2) is 44.9 Å². The number of aliphatic carboxylic acids is 1. The summed E-state index contributed by atoms with van der Waals surface area (Å²) in [6.07, 6.45) is 1.53. The molecule has 11 heteroatoms. The fourth-order valence-corrected chi connectivity index (χ4v) is 4.57. The Morgan fingerprint density at radius 3 is 2.18 bits per heavy atom. The predicted octanol–water partition coefficient (Wildman–Crippen LogP) is 4.98. The maximum absolute atomic E-state index is 12.1. The van der Waals surface area contributed by atoms with Crippen molar-refractivity contribution in [3.05, 3.63) is 45.3 Å². The van der Waals surface area contributed by atoms with Crippen LogP contribution in [0.5, 0.6) is 23.0 Å². The second kappa shape index (κ2) is 11.3. The van der Waals surface area contributed by atoms with E-state index in [1.807, 2.05) is 23.6 Å². The topological polar surface area (TPSA) is 105 Å². The minimum atomic E-state index is -1.10. The Morgan fingerprint density at radius 1 is 1.00 bits per heavy atom. The molecule has 1 aromatic heterocycles. The summed E-state index contributed by atoms with van der Waals surface area (Å²) in [7, 11) is 6.19. The monoisotopic (exact) mass is 549 g/mol. The number of aromatic nitrogens is 3. The first-order valence-corrected chi connectivity index (χ1v) is 11.7. The van der Waals surface area contributed by atoms with Crippen LogP contribution in [0.4, 0.5) is 0 Å². The van der Waals surface area contributed by atoms with Crippen LogP contribution < -0.4 is 18.9 Å².